The molecule has 1 aromatic carbocycles. The number of sulfonamides is 1. The second-order valence-electron chi connectivity index (χ2n) is 6.86. The molecule has 0 saturated carbocycles. The molecule has 0 radical (unpaired) electrons. The third-order valence-electron chi connectivity index (χ3n) is 4.76. The zero-order valence-electron chi connectivity index (χ0n) is 14.7. The van der Waals surface area contributed by atoms with Crippen molar-refractivity contribution >= 4 is 31.6 Å². The minimum atomic E-state index is -3.54. The molecule has 8 heteroatoms. The topological polar surface area (TPSA) is 71.4 Å². The molecule has 0 bridgehead atoms. The SMILES string of the molecule is CC1CCCN(CCCNS(=O)(=O)c2ccc3c(c2)sc(=O)n3C)C1. The molecule has 1 aliphatic heterocycles. The second kappa shape index (κ2) is 7.57. The summed E-state index contributed by atoms with van der Waals surface area (Å²) in [6, 6.07) is 4.83. The highest BCUT2D eigenvalue weighted by Crippen LogP contribution is 2.21. The fourth-order valence-electron chi connectivity index (χ4n) is 3.36. The molecule has 1 saturated heterocycles. The molecule has 1 N–H and O–H groups in total. The van der Waals surface area contributed by atoms with Crippen LogP contribution >= 0.6 is 11.3 Å². The molecule has 0 spiro atoms. The van der Waals surface area contributed by atoms with Crippen LogP contribution in [0.25, 0.3) is 10.2 Å². The van der Waals surface area contributed by atoms with E-state index in [-0.39, 0.29) is 9.77 Å². The highest BCUT2D eigenvalue weighted by atomic mass is 32.2. The van der Waals surface area contributed by atoms with E-state index in [0.717, 1.165) is 48.8 Å². The minimum absolute atomic E-state index is 0.0896. The van der Waals surface area contributed by atoms with Crippen LogP contribution in [0.3, 0.4) is 0 Å². The van der Waals surface area contributed by atoms with E-state index in [0.29, 0.717) is 11.2 Å². The maximum Gasteiger partial charge on any atom is 0.307 e. The van der Waals surface area contributed by atoms with Crippen LogP contribution in [-0.4, -0.2) is 44.1 Å². The molecular weight excluding hydrogens is 358 g/mol. The zero-order chi connectivity index (χ0) is 18.0. The molecule has 0 aliphatic carbocycles. The van der Waals surface area contributed by atoms with Gasteiger partial charge in [-0.15, -0.1) is 0 Å². The number of benzene rings is 1. The van der Waals surface area contributed by atoms with Gasteiger partial charge in [-0.1, -0.05) is 18.3 Å². The highest BCUT2D eigenvalue weighted by Gasteiger charge is 2.18. The van der Waals surface area contributed by atoms with Crippen molar-refractivity contribution in [1.82, 2.24) is 14.2 Å². The summed E-state index contributed by atoms with van der Waals surface area (Å²) in [7, 11) is -1.85. The van der Waals surface area contributed by atoms with E-state index in [1.807, 2.05) is 0 Å². The first-order valence-corrected chi connectivity index (χ1v) is 11.0. The Morgan fingerprint density at radius 3 is 2.92 bits per heavy atom. The van der Waals surface area contributed by atoms with E-state index in [2.05, 4.69) is 16.5 Å². The van der Waals surface area contributed by atoms with Crippen LogP contribution in [0, 0.1) is 5.92 Å². The summed E-state index contributed by atoms with van der Waals surface area (Å²) in [5.74, 6) is 0.732. The molecule has 138 valence electrons. The van der Waals surface area contributed by atoms with Crippen molar-refractivity contribution in [2.24, 2.45) is 13.0 Å². The summed E-state index contributed by atoms with van der Waals surface area (Å²) in [6.07, 6.45) is 3.32. The van der Waals surface area contributed by atoms with Crippen molar-refractivity contribution in [3.8, 4) is 0 Å². The first kappa shape index (κ1) is 18.6. The Bertz CT molecular complexity index is 901. The number of aromatic nitrogens is 1. The van der Waals surface area contributed by atoms with E-state index in [4.69, 9.17) is 0 Å². The zero-order valence-corrected chi connectivity index (χ0v) is 16.3. The summed E-state index contributed by atoms with van der Waals surface area (Å²) < 4.78 is 29.8. The summed E-state index contributed by atoms with van der Waals surface area (Å²) in [6.45, 7) is 5.84. The third-order valence-corrected chi connectivity index (χ3v) is 7.21. The summed E-state index contributed by atoms with van der Waals surface area (Å²) in [4.78, 5) is 14.2. The predicted octanol–water partition coefficient (Wildman–Crippen LogP) is 2.00. The molecule has 1 aliphatic rings. The van der Waals surface area contributed by atoms with Gasteiger partial charge in [0.25, 0.3) is 0 Å². The van der Waals surface area contributed by atoms with Crippen LogP contribution in [0.1, 0.15) is 26.2 Å². The van der Waals surface area contributed by atoms with Gasteiger partial charge in [-0.05, 0) is 56.5 Å². The summed E-state index contributed by atoms with van der Waals surface area (Å²) >= 11 is 1.06. The molecule has 3 rings (SSSR count). The predicted molar refractivity (Wildman–Crippen MR) is 102 cm³/mol. The number of rotatable bonds is 6. The fraction of sp³-hybridized carbons (Fsp3) is 0.588. The van der Waals surface area contributed by atoms with E-state index in [1.165, 1.54) is 17.4 Å². The quantitative estimate of drug-likeness (QED) is 0.775. The number of fused-ring (bicyclic) bond motifs is 1. The Morgan fingerprint density at radius 2 is 2.16 bits per heavy atom. The largest absolute Gasteiger partial charge is 0.307 e. The minimum Gasteiger partial charge on any atom is -0.303 e. The number of thiazole rings is 1. The molecule has 6 nitrogen and oxygen atoms in total. The number of nitrogens with zero attached hydrogens (tertiary/aromatic N) is 2. The van der Waals surface area contributed by atoms with Gasteiger partial charge in [0.1, 0.15) is 0 Å². The fourth-order valence-corrected chi connectivity index (χ4v) is 5.46. The molecule has 1 aromatic heterocycles. The van der Waals surface area contributed by atoms with Crippen molar-refractivity contribution in [2.75, 3.05) is 26.2 Å². The lowest BCUT2D eigenvalue weighted by Crippen LogP contribution is -2.36. The van der Waals surface area contributed by atoms with Crippen LogP contribution in [0.4, 0.5) is 0 Å². The number of hydrogen-bond acceptors (Lipinski definition) is 5. The lowest BCUT2D eigenvalue weighted by molar-refractivity contribution is 0.182. The third kappa shape index (κ3) is 4.31. The van der Waals surface area contributed by atoms with Crippen molar-refractivity contribution in [1.29, 1.82) is 0 Å². The van der Waals surface area contributed by atoms with Gasteiger partial charge in [-0.25, -0.2) is 13.1 Å². The Balaban J connectivity index is 1.59. The number of nitrogens with one attached hydrogen (secondary N) is 1. The smallest absolute Gasteiger partial charge is 0.303 e. The van der Waals surface area contributed by atoms with E-state index < -0.39 is 10.0 Å². The van der Waals surface area contributed by atoms with Crippen molar-refractivity contribution < 1.29 is 8.42 Å². The summed E-state index contributed by atoms with van der Waals surface area (Å²) in [5, 5.41) is 0. The molecule has 1 atom stereocenters. The van der Waals surface area contributed by atoms with Gasteiger partial charge in [-0.2, -0.15) is 0 Å². The Morgan fingerprint density at radius 1 is 1.36 bits per heavy atom. The monoisotopic (exact) mass is 383 g/mol. The van der Waals surface area contributed by atoms with Gasteiger partial charge in [-0.3, -0.25) is 4.79 Å². The highest BCUT2D eigenvalue weighted by molar-refractivity contribution is 7.89. The Hall–Kier alpha value is -1.22. The normalized spacial score (nSPS) is 19.5. The molecule has 1 unspecified atom stereocenters. The number of likely N-dealkylation sites (tertiary alicyclic amines) is 1. The molecule has 2 heterocycles. The first-order valence-electron chi connectivity index (χ1n) is 8.68. The average molecular weight is 384 g/mol. The van der Waals surface area contributed by atoms with E-state index >= 15 is 0 Å². The number of aryl methyl sites for hydroxylation is 1. The molecular formula is C17H25N3O3S2. The maximum atomic E-state index is 12.5. The van der Waals surface area contributed by atoms with Crippen molar-refractivity contribution in [2.45, 2.75) is 31.1 Å². The van der Waals surface area contributed by atoms with Gasteiger partial charge in [0, 0.05) is 20.1 Å². The van der Waals surface area contributed by atoms with Crippen LogP contribution in [0.5, 0.6) is 0 Å². The van der Waals surface area contributed by atoms with Gasteiger partial charge in [0.15, 0.2) is 0 Å². The molecule has 25 heavy (non-hydrogen) atoms. The van der Waals surface area contributed by atoms with Crippen molar-refractivity contribution in [3.05, 3.63) is 27.9 Å². The van der Waals surface area contributed by atoms with Gasteiger partial charge in [0.05, 0.1) is 15.1 Å². The molecule has 1 fully saturated rings. The maximum absolute atomic E-state index is 12.5. The lowest BCUT2D eigenvalue weighted by atomic mass is 10.0. The Kier molecular flexibility index (Phi) is 5.62. The number of hydrogen-bond donors (Lipinski definition) is 1. The van der Waals surface area contributed by atoms with Gasteiger partial charge < -0.3 is 9.47 Å². The first-order chi connectivity index (χ1) is 11.9. The van der Waals surface area contributed by atoms with E-state index in [1.54, 1.807) is 25.2 Å². The molecule has 0 amide bonds. The van der Waals surface area contributed by atoms with Crippen molar-refractivity contribution in [3.63, 3.8) is 0 Å². The van der Waals surface area contributed by atoms with E-state index in [9.17, 15) is 13.2 Å². The van der Waals surface area contributed by atoms with Crippen LogP contribution in [0.2, 0.25) is 0 Å². The van der Waals surface area contributed by atoms with Gasteiger partial charge >= 0.3 is 4.87 Å². The van der Waals surface area contributed by atoms with Crippen LogP contribution in [-0.2, 0) is 17.1 Å². The summed E-state index contributed by atoms with van der Waals surface area (Å²) in [5.41, 5.74) is 0.758. The van der Waals surface area contributed by atoms with Crippen LogP contribution < -0.4 is 9.60 Å². The standard InChI is InChI=1S/C17H25N3O3S2/c1-13-5-3-9-20(12-13)10-4-8-18-25(22,23)14-6-7-15-16(11-14)24-17(21)19(15)2/h6-7,11,13,18H,3-5,8-10,12H2,1-2H3. The molecule has 2 aromatic rings. The second-order valence-corrected chi connectivity index (χ2v) is 9.62. The van der Waals surface area contributed by atoms with Gasteiger partial charge in [0.2, 0.25) is 10.0 Å². The lowest BCUT2D eigenvalue weighted by Gasteiger charge is -2.30. The average Bonchev–Trinajstić information content (AvgIpc) is 2.86. The van der Waals surface area contributed by atoms with Crippen LogP contribution in [0.15, 0.2) is 27.9 Å². The number of piperidine rings is 1. The Labute approximate surface area is 152 Å².